The van der Waals surface area contributed by atoms with Gasteiger partial charge in [0.25, 0.3) is 0 Å². The van der Waals surface area contributed by atoms with Crippen LogP contribution in [-0.2, 0) is 0 Å². The first-order valence-corrected chi connectivity index (χ1v) is 5.60. The zero-order valence-corrected chi connectivity index (χ0v) is 9.98. The molecule has 0 unspecified atom stereocenters. The molecule has 0 radical (unpaired) electrons. The van der Waals surface area contributed by atoms with Gasteiger partial charge in [0.05, 0.1) is 5.69 Å². The molecule has 0 heterocycles. The highest BCUT2D eigenvalue weighted by molar-refractivity contribution is 9.10. The van der Waals surface area contributed by atoms with Crippen LogP contribution in [0.25, 0.3) is 0 Å². The molecule has 0 aliphatic rings. The number of anilines is 1. The van der Waals surface area contributed by atoms with Crippen LogP contribution in [0.2, 0.25) is 0 Å². The van der Waals surface area contributed by atoms with Gasteiger partial charge in [-0.05, 0) is 34.5 Å². The van der Waals surface area contributed by atoms with Gasteiger partial charge in [-0.3, -0.25) is 0 Å². The van der Waals surface area contributed by atoms with Crippen LogP contribution < -0.4 is 4.90 Å². The Kier molecular flexibility index (Phi) is 4.60. The van der Waals surface area contributed by atoms with Crippen molar-refractivity contribution in [3.8, 4) is 0 Å². The molecule has 0 saturated carbocycles. The summed E-state index contributed by atoms with van der Waals surface area (Å²) in [4.78, 5) is 2.20. The predicted octanol–water partition coefficient (Wildman–Crippen LogP) is 3.51. The Labute approximate surface area is 92.8 Å². The minimum absolute atomic E-state index is 0.717. The van der Waals surface area contributed by atoms with Crippen LogP contribution in [0.15, 0.2) is 28.7 Å². The van der Waals surface area contributed by atoms with Crippen molar-refractivity contribution in [3.63, 3.8) is 0 Å². The number of para-hydroxylation sites is 1. The SMILES string of the molecule is CN(CCCCl)c1ccccc1Br. The fraction of sp³-hybridized carbons (Fsp3) is 0.400. The average Bonchev–Trinajstić information content (AvgIpc) is 2.15. The zero-order valence-electron chi connectivity index (χ0n) is 7.63. The third-order valence-electron chi connectivity index (χ3n) is 1.89. The summed E-state index contributed by atoms with van der Waals surface area (Å²) in [5.41, 5.74) is 1.22. The van der Waals surface area contributed by atoms with Crippen LogP contribution in [0, 0.1) is 0 Å². The van der Waals surface area contributed by atoms with Crippen molar-refractivity contribution < 1.29 is 0 Å². The molecule has 0 aromatic heterocycles. The van der Waals surface area contributed by atoms with E-state index in [1.807, 2.05) is 18.2 Å². The van der Waals surface area contributed by atoms with E-state index in [9.17, 15) is 0 Å². The van der Waals surface area contributed by atoms with Crippen LogP contribution >= 0.6 is 27.5 Å². The van der Waals surface area contributed by atoms with Crippen molar-refractivity contribution >= 4 is 33.2 Å². The largest absolute Gasteiger partial charge is 0.374 e. The van der Waals surface area contributed by atoms with Crippen molar-refractivity contribution in [2.24, 2.45) is 0 Å². The van der Waals surface area contributed by atoms with E-state index in [0.717, 1.165) is 23.3 Å². The summed E-state index contributed by atoms with van der Waals surface area (Å²) in [5, 5.41) is 0. The Bertz CT molecular complexity index is 265. The lowest BCUT2D eigenvalue weighted by Gasteiger charge is -2.19. The van der Waals surface area contributed by atoms with Gasteiger partial charge in [0, 0.05) is 23.9 Å². The summed E-state index contributed by atoms with van der Waals surface area (Å²) < 4.78 is 1.13. The molecule has 0 amide bonds. The van der Waals surface area contributed by atoms with Gasteiger partial charge in [0.15, 0.2) is 0 Å². The molecule has 1 aromatic carbocycles. The van der Waals surface area contributed by atoms with Crippen molar-refractivity contribution in [1.82, 2.24) is 0 Å². The van der Waals surface area contributed by atoms with Crippen molar-refractivity contribution in [2.75, 3.05) is 24.4 Å². The average molecular weight is 263 g/mol. The van der Waals surface area contributed by atoms with Gasteiger partial charge in [0.1, 0.15) is 0 Å². The van der Waals surface area contributed by atoms with Crippen LogP contribution in [0.5, 0.6) is 0 Å². The van der Waals surface area contributed by atoms with E-state index in [1.54, 1.807) is 0 Å². The molecule has 0 bridgehead atoms. The Balaban J connectivity index is 2.65. The summed E-state index contributed by atoms with van der Waals surface area (Å²) in [7, 11) is 2.08. The van der Waals surface area contributed by atoms with Crippen LogP contribution in [0.1, 0.15) is 6.42 Å². The molecular formula is C10H13BrClN. The molecule has 3 heteroatoms. The summed E-state index contributed by atoms with van der Waals surface area (Å²) in [6.45, 7) is 0.992. The van der Waals surface area contributed by atoms with E-state index >= 15 is 0 Å². The molecule has 0 atom stereocenters. The molecule has 0 aliphatic carbocycles. The molecule has 13 heavy (non-hydrogen) atoms. The second-order valence-corrected chi connectivity index (χ2v) is 4.15. The first kappa shape index (κ1) is 10.9. The van der Waals surface area contributed by atoms with Gasteiger partial charge in [-0.1, -0.05) is 12.1 Å². The van der Waals surface area contributed by atoms with E-state index in [1.165, 1.54) is 5.69 Å². The van der Waals surface area contributed by atoms with Crippen LogP contribution in [-0.4, -0.2) is 19.5 Å². The Morgan fingerprint density at radius 3 is 2.69 bits per heavy atom. The highest BCUT2D eigenvalue weighted by atomic mass is 79.9. The standard InChI is InChI=1S/C10H13BrClN/c1-13(8-4-7-12)10-6-3-2-5-9(10)11/h2-3,5-6H,4,7-8H2,1H3. The van der Waals surface area contributed by atoms with E-state index in [4.69, 9.17) is 11.6 Å². The molecule has 1 nitrogen and oxygen atoms in total. The number of halogens is 2. The Morgan fingerprint density at radius 1 is 1.38 bits per heavy atom. The summed E-state index contributed by atoms with van der Waals surface area (Å²) in [6, 6.07) is 8.20. The number of alkyl halides is 1. The highest BCUT2D eigenvalue weighted by Gasteiger charge is 2.02. The second kappa shape index (κ2) is 5.51. The lowest BCUT2D eigenvalue weighted by atomic mass is 10.3. The lowest BCUT2D eigenvalue weighted by Crippen LogP contribution is -2.19. The normalized spacial score (nSPS) is 10.1. The van der Waals surface area contributed by atoms with Crippen molar-refractivity contribution in [2.45, 2.75) is 6.42 Å². The van der Waals surface area contributed by atoms with Gasteiger partial charge in [-0.2, -0.15) is 0 Å². The first-order chi connectivity index (χ1) is 6.25. The molecular weight excluding hydrogens is 249 g/mol. The maximum Gasteiger partial charge on any atom is 0.0508 e. The highest BCUT2D eigenvalue weighted by Crippen LogP contribution is 2.24. The molecule has 1 aromatic rings. The molecule has 1 rings (SSSR count). The summed E-state index contributed by atoms with van der Waals surface area (Å²) in [5.74, 6) is 0.717. The van der Waals surface area contributed by atoms with Crippen molar-refractivity contribution in [1.29, 1.82) is 0 Å². The zero-order chi connectivity index (χ0) is 9.68. The van der Waals surface area contributed by atoms with Gasteiger partial charge < -0.3 is 4.90 Å². The molecule has 0 N–H and O–H groups in total. The minimum Gasteiger partial charge on any atom is -0.374 e. The summed E-state index contributed by atoms with van der Waals surface area (Å²) >= 11 is 9.15. The number of rotatable bonds is 4. The van der Waals surface area contributed by atoms with E-state index in [-0.39, 0.29) is 0 Å². The fourth-order valence-electron chi connectivity index (χ4n) is 1.18. The van der Waals surface area contributed by atoms with Crippen LogP contribution in [0.3, 0.4) is 0 Å². The molecule has 0 aliphatic heterocycles. The third kappa shape index (κ3) is 3.20. The molecule has 0 fully saturated rings. The topological polar surface area (TPSA) is 3.24 Å². The van der Waals surface area contributed by atoms with Crippen LogP contribution in [0.4, 0.5) is 5.69 Å². The Morgan fingerprint density at radius 2 is 2.08 bits per heavy atom. The Hall–Kier alpha value is -0.210. The fourth-order valence-corrected chi connectivity index (χ4v) is 1.89. The predicted molar refractivity (Wildman–Crippen MR) is 62.7 cm³/mol. The second-order valence-electron chi connectivity index (χ2n) is 2.92. The smallest absolute Gasteiger partial charge is 0.0508 e. The third-order valence-corrected chi connectivity index (χ3v) is 2.83. The molecule has 0 spiro atoms. The van der Waals surface area contributed by atoms with Gasteiger partial charge in [0.2, 0.25) is 0 Å². The summed E-state index contributed by atoms with van der Waals surface area (Å²) in [6.07, 6.45) is 1.01. The van der Waals surface area contributed by atoms with Crippen molar-refractivity contribution in [3.05, 3.63) is 28.7 Å². The quantitative estimate of drug-likeness (QED) is 0.751. The maximum absolute atomic E-state index is 5.63. The van der Waals surface area contributed by atoms with Gasteiger partial charge in [-0.25, -0.2) is 0 Å². The maximum atomic E-state index is 5.63. The molecule has 0 saturated heterocycles. The minimum atomic E-state index is 0.717. The lowest BCUT2D eigenvalue weighted by molar-refractivity contribution is 0.855. The number of hydrogen-bond donors (Lipinski definition) is 0. The number of nitrogens with zero attached hydrogens (tertiary/aromatic N) is 1. The monoisotopic (exact) mass is 261 g/mol. The van der Waals surface area contributed by atoms with E-state index in [2.05, 4.69) is 33.9 Å². The number of hydrogen-bond acceptors (Lipinski definition) is 1. The van der Waals surface area contributed by atoms with Gasteiger partial charge >= 0.3 is 0 Å². The van der Waals surface area contributed by atoms with E-state index in [0.29, 0.717) is 0 Å². The molecule has 72 valence electrons. The first-order valence-electron chi connectivity index (χ1n) is 4.27. The number of benzene rings is 1. The van der Waals surface area contributed by atoms with Gasteiger partial charge in [-0.15, -0.1) is 11.6 Å². The van der Waals surface area contributed by atoms with E-state index < -0.39 is 0 Å².